The summed E-state index contributed by atoms with van der Waals surface area (Å²) < 4.78 is 0. The fraction of sp³-hybridized carbons (Fsp3) is 0.172. The van der Waals surface area contributed by atoms with Crippen molar-refractivity contribution in [3.63, 3.8) is 0 Å². The Hall–Kier alpha value is -4.12. The van der Waals surface area contributed by atoms with Crippen molar-refractivity contribution in [1.82, 2.24) is 0 Å². The third-order valence-corrected chi connectivity index (χ3v) is 5.57. The summed E-state index contributed by atoms with van der Waals surface area (Å²) in [4.78, 5) is 0. The van der Waals surface area contributed by atoms with Gasteiger partial charge in [-0.3, -0.25) is 0 Å². The highest BCUT2D eigenvalue weighted by Crippen LogP contribution is 2.53. The summed E-state index contributed by atoms with van der Waals surface area (Å²) in [5.41, 5.74) is 3.93. The summed E-state index contributed by atoms with van der Waals surface area (Å²) >= 11 is 0. The molecule has 4 rings (SSSR count). The molecule has 0 saturated carbocycles. The van der Waals surface area contributed by atoms with Gasteiger partial charge >= 0.3 is 0 Å². The first kappa shape index (κ1) is 24.5. The summed E-state index contributed by atoms with van der Waals surface area (Å²) in [5.74, 6) is -0.663. The molecular formula is C29H30O5. The van der Waals surface area contributed by atoms with Crippen LogP contribution in [0.2, 0.25) is 0 Å². The van der Waals surface area contributed by atoms with Crippen LogP contribution in [-0.2, 0) is 0 Å². The number of hydrogen-bond donors (Lipinski definition) is 5. The van der Waals surface area contributed by atoms with Crippen LogP contribution < -0.4 is 0 Å². The highest BCUT2D eigenvalue weighted by Gasteiger charge is 2.25. The minimum atomic E-state index is -0.240. The number of phenols is 5. The minimum absolute atomic E-state index is 0.0512. The molecular weight excluding hydrogens is 428 g/mol. The van der Waals surface area contributed by atoms with Gasteiger partial charge in [-0.05, 0) is 61.7 Å². The molecule has 4 aromatic carbocycles. The lowest BCUT2D eigenvalue weighted by Gasteiger charge is -2.20. The summed E-state index contributed by atoms with van der Waals surface area (Å²) in [6.45, 7) is 9.49. The van der Waals surface area contributed by atoms with E-state index in [-0.39, 0.29) is 51.0 Å². The van der Waals surface area contributed by atoms with Gasteiger partial charge in [0.05, 0.1) is 0 Å². The van der Waals surface area contributed by atoms with Gasteiger partial charge in [0.2, 0.25) is 0 Å². The first-order chi connectivity index (χ1) is 16.2. The first-order valence-corrected chi connectivity index (χ1v) is 11.2. The number of benzene rings is 4. The molecule has 0 amide bonds. The molecule has 0 aliphatic rings. The first-order valence-electron chi connectivity index (χ1n) is 11.2. The molecule has 0 bridgehead atoms. The van der Waals surface area contributed by atoms with Gasteiger partial charge in [0.1, 0.15) is 28.7 Å². The zero-order chi connectivity index (χ0) is 25.2. The van der Waals surface area contributed by atoms with Gasteiger partial charge < -0.3 is 25.5 Å². The molecule has 0 atom stereocenters. The zero-order valence-corrected chi connectivity index (χ0v) is 20.0. The van der Waals surface area contributed by atoms with Crippen molar-refractivity contribution in [2.75, 3.05) is 0 Å². The summed E-state index contributed by atoms with van der Waals surface area (Å²) in [5, 5.41) is 54.2. The van der Waals surface area contributed by atoms with Crippen LogP contribution in [0.5, 0.6) is 28.7 Å². The predicted octanol–water partition coefficient (Wildman–Crippen LogP) is 7.17. The Morgan fingerprint density at radius 3 is 1.21 bits per heavy atom. The molecule has 0 radical (unpaired) electrons. The van der Waals surface area contributed by atoms with Gasteiger partial charge in [-0.2, -0.15) is 0 Å². The monoisotopic (exact) mass is 458 g/mol. The third kappa shape index (κ3) is 4.50. The number of aryl methyl sites for hydroxylation is 3. The molecule has 0 heterocycles. The van der Waals surface area contributed by atoms with E-state index in [0.29, 0.717) is 11.1 Å². The smallest absolute Gasteiger partial charge is 0.132 e. The quantitative estimate of drug-likeness (QED) is 0.210. The number of phenolic OH excluding ortho intramolecular Hbond substituents is 5. The highest BCUT2D eigenvalue weighted by atomic mass is 16.3. The summed E-state index contributed by atoms with van der Waals surface area (Å²) in [6.07, 6.45) is 0. The normalized spacial score (nSPS) is 10.5. The molecule has 0 aromatic heterocycles. The number of rotatable bonds is 3. The third-order valence-electron chi connectivity index (χ3n) is 5.57. The maximum atomic E-state index is 11.4. The Morgan fingerprint density at radius 1 is 0.412 bits per heavy atom. The lowest BCUT2D eigenvalue weighted by molar-refractivity contribution is 0.457. The van der Waals surface area contributed by atoms with Crippen LogP contribution in [-0.4, -0.2) is 25.5 Å². The van der Waals surface area contributed by atoms with Crippen LogP contribution in [0.1, 0.15) is 30.5 Å². The molecule has 0 spiro atoms. The fourth-order valence-corrected chi connectivity index (χ4v) is 3.97. The van der Waals surface area contributed by atoms with E-state index in [4.69, 9.17) is 0 Å². The van der Waals surface area contributed by atoms with E-state index in [1.165, 1.54) is 6.07 Å². The second-order valence-electron chi connectivity index (χ2n) is 8.10. The molecule has 5 N–H and O–H groups in total. The topological polar surface area (TPSA) is 101 Å². The average molecular weight is 459 g/mol. The highest BCUT2D eigenvalue weighted by molar-refractivity contribution is 5.99. The van der Waals surface area contributed by atoms with Crippen LogP contribution in [0, 0.1) is 20.8 Å². The maximum absolute atomic E-state index is 11.4. The lowest BCUT2D eigenvalue weighted by Crippen LogP contribution is -1.93. The maximum Gasteiger partial charge on any atom is 0.132 e. The van der Waals surface area contributed by atoms with Crippen molar-refractivity contribution in [2.45, 2.75) is 34.6 Å². The molecule has 5 heteroatoms. The van der Waals surface area contributed by atoms with E-state index in [2.05, 4.69) is 0 Å². The Morgan fingerprint density at radius 2 is 0.794 bits per heavy atom. The van der Waals surface area contributed by atoms with Crippen LogP contribution in [0.15, 0.2) is 60.7 Å². The van der Waals surface area contributed by atoms with Crippen LogP contribution in [0.3, 0.4) is 0 Å². The van der Waals surface area contributed by atoms with E-state index >= 15 is 0 Å². The van der Waals surface area contributed by atoms with Gasteiger partial charge in [0.15, 0.2) is 0 Å². The van der Waals surface area contributed by atoms with Gasteiger partial charge in [0.25, 0.3) is 0 Å². The van der Waals surface area contributed by atoms with Crippen LogP contribution in [0.4, 0.5) is 0 Å². The Kier molecular flexibility index (Phi) is 7.06. The van der Waals surface area contributed by atoms with Gasteiger partial charge in [-0.15, -0.1) is 0 Å². The zero-order valence-electron chi connectivity index (χ0n) is 20.0. The molecule has 0 aliphatic carbocycles. The standard InChI is InChI=1S/C27H24O5.C2H6/c1-14-4-7-17(21(28)10-14)20-13-24(31)25(18-8-5-15(2)11-22(18)29)26(27(20)32)19-9-6-16(3)12-23(19)30;1-2/h4-13,28-32H,1-3H3;1-2H3. The SMILES string of the molecule is CC.Cc1ccc(-c2cc(O)c(-c3ccc(C)cc3O)c(-c3ccc(C)cc3O)c2O)c(O)c1. The van der Waals surface area contributed by atoms with E-state index in [1.807, 2.05) is 34.6 Å². The molecule has 0 aliphatic heterocycles. The van der Waals surface area contributed by atoms with E-state index in [9.17, 15) is 25.5 Å². The second kappa shape index (κ2) is 9.79. The summed E-state index contributed by atoms with van der Waals surface area (Å²) in [6, 6.07) is 16.3. The molecule has 0 saturated heterocycles. The molecule has 176 valence electrons. The van der Waals surface area contributed by atoms with Crippen molar-refractivity contribution in [3.8, 4) is 62.1 Å². The van der Waals surface area contributed by atoms with Crippen LogP contribution >= 0.6 is 0 Å². The van der Waals surface area contributed by atoms with E-state index in [0.717, 1.165) is 16.7 Å². The van der Waals surface area contributed by atoms with Crippen molar-refractivity contribution in [2.24, 2.45) is 0 Å². The molecule has 5 nitrogen and oxygen atoms in total. The molecule has 0 unspecified atom stereocenters. The van der Waals surface area contributed by atoms with Gasteiger partial charge in [-0.1, -0.05) is 50.2 Å². The van der Waals surface area contributed by atoms with Crippen molar-refractivity contribution in [3.05, 3.63) is 77.4 Å². The van der Waals surface area contributed by atoms with Crippen LogP contribution in [0.25, 0.3) is 33.4 Å². The lowest BCUT2D eigenvalue weighted by atomic mass is 9.87. The molecule has 0 fully saturated rings. The number of hydrogen-bond acceptors (Lipinski definition) is 5. The van der Waals surface area contributed by atoms with E-state index in [1.54, 1.807) is 54.6 Å². The Bertz CT molecular complexity index is 1360. The van der Waals surface area contributed by atoms with Gasteiger partial charge in [-0.25, -0.2) is 0 Å². The van der Waals surface area contributed by atoms with Crippen molar-refractivity contribution >= 4 is 0 Å². The summed E-state index contributed by atoms with van der Waals surface area (Å²) in [7, 11) is 0. The fourth-order valence-electron chi connectivity index (χ4n) is 3.97. The Balaban J connectivity index is 0.00000158. The predicted molar refractivity (Wildman–Crippen MR) is 137 cm³/mol. The molecule has 34 heavy (non-hydrogen) atoms. The Labute approximate surface area is 199 Å². The van der Waals surface area contributed by atoms with Crippen molar-refractivity contribution < 1.29 is 25.5 Å². The second-order valence-corrected chi connectivity index (χ2v) is 8.10. The van der Waals surface area contributed by atoms with Gasteiger partial charge in [0, 0.05) is 33.4 Å². The molecule has 4 aromatic rings. The number of aromatic hydroxyl groups is 5. The minimum Gasteiger partial charge on any atom is -0.507 e. The average Bonchev–Trinajstić information content (AvgIpc) is 2.78. The van der Waals surface area contributed by atoms with Crippen molar-refractivity contribution in [1.29, 1.82) is 0 Å². The van der Waals surface area contributed by atoms with E-state index < -0.39 is 0 Å². The largest absolute Gasteiger partial charge is 0.507 e.